The number of ether oxygens (including phenoxy) is 1. The van der Waals surface area contributed by atoms with Crippen LogP contribution < -0.4 is 5.32 Å². The number of hydrogen-bond acceptors (Lipinski definition) is 4. The standard InChI is InChI=1S/C19H17F3N2O4/c1-10-15(17(25)27-3)16(23-18(26)24(10)2)14-8-7-13(28-14)11-5-4-6-12(9-11)19(20,21)22/h4-9,16H,1-3H3,(H,23,26). The van der Waals surface area contributed by atoms with Crippen LogP contribution in [0.15, 0.2) is 52.1 Å². The van der Waals surface area contributed by atoms with E-state index >= 15 is 0 Å². The Morgan fingerprint density at radius 2 is 1.96 bits per heavy atom. The molecule has 2 heterocycles. The number of rotatable bonds is 3. The van der Waals surface area contributed by atoms with Crippen molar-refractivity contribution in [1.82, 2.24) is 10.2 Å². The number of carbonyl (C=O) groups excluding carboxylic acids is 2. The Morgan fingerprint density at radius 1 is 1.25 bits per heavy atom. The maximum Gasteiger partial charge on any atom is 0.416 e. The summed E-state index contributed by atoms with van der Waals surface area (Å²) in [5, 5.41) is 2.63. The van der Waals surface area contributed by atoms with E-state index < -0.39 is 29.8 Å². The van der Waals surface area contributed by atoms with E-state index in [1.807, 2.05) is 0 Å². The second kappa shape index (κ2) is 7.06. The van der Waals surface area contributed by atoms with Crippen LogP contribution >= 0.6 is 0 Å². The minimum Gasteiger partial charge on any atom is -0.466 e. The van der Waals surface area contributed by atoms with Crippen molar-refractivity contribution in [3.05, 3.63) is 59.0 Å². The van der Waals surface area contributed by atoms with E-state index in [4.69, 9.17) is 9.15 Å². The number of hydrogen-bond donors (Lipinski definition) is 1. The van der Waals surface area contributed by atoms with Crippen molar-refractivity contribution in [3.8, 4) is 11.3 Å². The molecule has 0 saturated carbocycles. The van der Waals surface area contributed by atoms with Gasteiger partial charge in [-0.1, -0.05) is 12.1 Å². The van der Waals surface area contributed by atoms with Crippen LogP contribution in [-0.4, -0.2) is 31.1 Å². The fourth-order valence-corrected chi connectivity index (χ4v) is 2.94. The molecule has 1 unspecified atom stereocenters. The van der Waals surface area contributed by atoms with E-state index in [9.17, 15) is 22.8 Å². The number of urea groups is 1. The molecule has 1 aliphatic heterocycles. The molecule has 0 saturated heterocycles. The van der Waals surface area contributed by atoms with Gasteiger partial charge in [-0.15, -0.1) is 0 Å². The van der Waals surface area contributed by atoms with Gasteiger partial charge in [0.15, 0.2) is 0 Å². The normalized spacial score (nSPS) is 17.6. The Balaban J connectivity index is 2.01. The monoisotopic (exact) mass is 394 g/mol. The zero-order valence-electron chi connectivity index (χ0n) is 15.3. The van der Waals surface area contributed by atoms with Gasteiger partial charge in [-0.25, -0.2) is 9.59 Å². The van der Waals surface area contributed by atoms with Crippen molar-refractivity contribution < 1.29 is 31.9 Å². The number of carbonyl (C=O) groups is 2. The summed E-state index contributed by atoms with van der Waals surface area (Å²) < 4.78 is 49.3. The quantitative estimate of drug-likeness (QED) is 0.796. The van der Waals surface area contributed by atoms with E-state index in [0.717, 1.165) is 12.1 Å². The number of alkyl halides is 3. The molecule has 0 spiro atoms. The van der Waals surface area contributed by atoms with Crippen molar-refractivity contribution in [1.29, 1.82) is 0 Å². The minimum atomic E-state index is -4.48. The van der Waals surface area contributed by atoms with Crippen LogP contribution in [-0.2, 0) is 15.7 Å². The minimum absolute atomic E-state index is 0.176. The molecule has 3 rings (SSSR count). The molecule has 1 aromatic heterocycles. The second-order valence-corrected chi connectivity index (χ2v) is 6.21. The van der Waals surface area contributed by atoms with E-state index in [0.29, 0.717) is 5.70 Å². The Hall–Kier alpha value is -3.23. The molecule has 0 radical (unpaired) electrons. The highest BCUT2D eigenvalue weighted by Crippen LogP contribution is 2.36. The highest BCUT2D eigenvalue weighted by Gasteiger charge is 2.36. The predicted octanol–water partition coefficient (Wildman–Crippen LogP) is 4.11. The van der Waals surface area contributed by atoms with Crippen molar-refractivity contribution >= 4 is 12.0 Å². The topological polar surface area (TPSA) is 71.8 Å². The van der Waals surface area contributed by atoms with Gasteiger partial charge in [-0.2, -0.15) is 13.2 Å². The number of benzene rings is 1. The lowest BCUT2D eigenvalue weighted by atomic mass is 10.0. The summed E-state index contributed by atoms with van der Waals surface area (Å²) in [5.41, 5.74) is -0.0191. The molecule has 1 atom stereocenters. The fourth-order valence-electron chi connectivity index (χ4n) is 2.94. The maximum atomic E-state index is 12.9. The molecule has 1 aromatic carbocycles. The lowest BCUT2D eigenvalue weighted by Gasteiger charge is -2.31. The van der Waals surface area contributed by atoms with Gasteiger partial charge in [0.1, 0.15) is 17.6 Å². The molecular formula is C19H17F3N2O4. The molecule has 0 bridgehead atoms. The van der Waals surface area contributed by atoms with E-state index in [2.05, 4.69) is 5.32 Å². The first-order valence-electron chi connectivity index (χ1n) is 8.24. The molecule has 0 fully saturated rings. The third kappa shape index (κ3) is 3.47. The first kappa shape index (κ1) is 19.5. The summed E-state index contributed by atoms with van der Waals surface area (Å²) in [7, 11) is 2.71. The van der Waals surface area contributed by atoms with Crippen molar-refractivity contribution in [2.75, 3.05) is 14.2 Å². The summed E-state index contributed by atoms with van der Waals surface area (Å²) >= 11 is 0. The summed E-state index contributed by atoms with van der Waals surface area (Å²) in [5.74, 6) is -0.267. The van der Waals surface area contributed by atoms with E-state index in [-0.39, 0.29) is 22.7 Å². The summed E-state index contributed by atoms with van der Waals surface area (Å²) in [6.07, 6.45) is -4.48. The Bertz CT molecular complexity index is 962. The van der Waals surface area contributed by atoms with Crippen LogP contribution in [0.5, 0.6) is 0 Å². The average molecular weight is 394 g/mol. The highest BCUT2D eigenvalue weighted by molar-refractivity contribution is 5.94. The van der Waals surface area contributed by atoms with Crippen molar-refractivity contribution in [2.24, 2.45) is 0 Å². The molecule has 28 heavy (non-hydrogen) atoms. The summed E-state index contributed by atoms with van der Waals surface area (Å²) in [6.45, 7) is 1.59. The number of furan rings is 1. The van der Waals surface area contributed by atoms with Gasteiger partial charge >= 0.3 is 18.2 Å². The fraction of sp³-hybridized carbons (Fsp3) is 0.263. The van der Waals surface area contributed by atoms with Crippen LogP contribution in [0.1, 0.15) is 24.3 Å². The zero-order chi connectivity index (χ0) is 20.6. The molecule has 2 amide bonds. The lowest BCUT2D eigenvalue weighted by molar-refractivity contribution is -0.138. The molecule has 9 heteroatoms. The van der Waals surface area contributed by atoms with Crippen molar-refractivity contribution in [3.63, 3.8) is 0 Å². The third-order valence-corrected chi connectivity index (χ3v) is 4.55. The number of esters is 1. The number of amides is 2. The summed E-state index contributed by atoms with van der Waals surface area (Å²) in [6, 6.07) is 6.31. The number of methoxy groups -OCH3 is 1. The zero-order valence-corrected chi connectivity index (χ0v) is 15.3. The first-order chi connectivity index (χ1) is 13.1. The Kier molecular flexibility index (Phi) is 4.93. The van der Waals surface area contributed by atoms with Crippen LogP contribution in [0, 0.1) is 0 Å². The SMILES string of the molecule is COC(=O)C1=C(C)N(C)C(=O)NC1c1ccc(-c2cccc(C(F)(F)F)c2)o1. The van der Waals surface area contributed by atoms with Crippen LogP contribution in [0.3, 0.4) is 0 Å². The third-order valence-electron chi connectivity index (χ3n) is 4.55. The molecule has 1 N–H and O–H groups in total. The van der Waals surface area contributed by atoms with Gasteiger partial charge in [0.25, 0.3) is 0 Å². The van der Waals surface area contributed by atoms with Crippen molar-refractivity contribution in [2.45, 2.75) is 19.1 Å². The first-order valence-corrected chi connectivity index (χ1v) is 8.24. The molecule has 2 aromatic rings. The van der Waals surface area contributed by atoms with Crippen LogP contribution in [0.4, 0.5) is 18.0 Å². The number of allylic oxidation sites excluding steroid dienone is 1. The van der Waals surface area contributed by atoms with Crippen LogP contribution in [0.2, 0.25) is 0 Å². The van der Waals surface area contributed by atoms with E-state index in [1.54, 1.807) is 6.92 Å². The molecule has 0 aliphatic carbocycles. The lowest BCUT2D eigenvalue weighted by Crippen LogP contribution is -2.46. The van der Waals surface area contributed by atoms with Gasteiger partial charge in [-0.3, -0.25) is 0 Å². The van der Waals surface area contributed by atoms with Crippen LogP contribution in [0.25, 0.3) is 11.3 Å². The van der Waals surface area contributed by atoms with Gasteiger partial charge in [-0.05, 0) is 31.2 Å². The predicted molar refractivity (Wildman–Crippen MR) is 92.9 cm³/mol. The molecule has 148 valence electrons. The Morgan fingerprint density at radius 3 is 2.61 bits per heavy atom. The second-order valence-electron chi connectivity index (χ2n) is 6.21. The maximum absolute atomic E-state index is 12.9. The molecular weight excluding hydrogens is 377 g/mol. The smallest absolute Gasteiger partial charge is 0.416 e. The highest BCUT2D eigenvalue weighted by atomic mass is 19.4. The molecule has 1 aliphatic rings. The summed E-state index contributed by atoms with van der Waals surface area (Å²) in [4.78, 5) is 25.6. The number of halogens is 3. The van der Waals surface area contributed by atoms with Gasteiger partial charge in [0.2, 0.25) is 0 Å². The molecule has 6 nitrogen and oxygen atoms in total. The largest absolute Gasteiger partial charge is 0.466 e. The average Bonchev–Trinajstić information content (AvgIpc) is 3.15. The van der Waals surface area contributed by atoms with E-state index in [1.165, 1.54) is 43.3 Å². The van der Waals surface area contributed by atoms with Gasteiger partial charge < -0.3 is 19.4 Å². The number of nitrogens with one attached hydrogen (secondary N) is 1. The Labute approximate surface area is 158 Å². The van der Waals surface area contributed by atoms with Gasteiger partial charge in [0.05, 0.1) is 18.2 Å². The van der Waals surface area contributed by atoms with Gasteiger partial charge in [0, 0.05) is 18.3 Å². The number of nitrogens with zero attached hydrogens (tertiary/aromatic N) is 1.